The van der Waals surface area contributed by atoms with Crippen LogP contribution < -0.4 is 10.4 Å². The summed E-state index contributed by atoms with van der Waals surface area (Å²) in [4.78, 5) is 0. The largest absolute Gasteiger partial charge is 0.406 e. The van der Waals surface area contributed by atoms with E-state index in [1.165, 1.54) is 0 Å². The molecule has 0 spiro atoms. The zero-order valence-corrected chi connectivity index (χ0v) is 12.5. The second kappa shape index (κ2) is 6.66. The first kappa shape index (κ1) is 14.0. The van der Waals surface area contributed by atoms with Crippen molar-refractivity contribution in [2.45, 2.75) is 13.3 Å². The van der Waals surface area contributed by atoms with Crippen LogP contribution in [0.4, 0.5) is 0 Å². The Balaban J connectivity index is 2.48. The molecular formula is C16H20O2Si. The summed E-state index contributed by atoms with van der Waals surface area (Å²) in [5.74, 6) is 0. The Hall–Kier alpha value is -1.42. The molecule has 2 aromatic rings. The smallest absolute Gasteiger partial charge is 0.391 e. The minimum absolute atomic E-state index is 0.712. The standard InChI is InChI=1S/C16H20O2Si/c1-3-14-18-19(17-2,15-10-6-4-7-11-15)16-12-8-5-9-13-16/h4-13H,3,14H2,1-2H3. The molecule has 0 amide bonds. The predicted octanol–water partition coefficient (Wildman–Crippen LogP) is 2.32. The third-order valence-corrected chi connectivity index (χ3v) is 6.48. The molecule has 0 aliphatic carbocycles. The summed E-state index contributed by atoms with van der Waals surface area (Å²) in [7, 11) is -0.791. The van der Waals surface area contributed by atoms with E-state index in [9.17, 15) is 0 Å². The minimum Gasteiger partial charge on any atom is -0.391 e. The molecule has 3 heteroatoms. The molecule has 0 aromatic heterocycles. The molecule has 0 N–H and O–H groups in total. The summed E-state index contributed by atoms with van der Waals surface area (Å²) in [6.45, 7) is 2.83. The van der Waals surface area contributed by atoms with Crippen molar-refractivity contribution < 1.29 is 8.85 Å². The van der Waals surface area contributed by atoms with Gasteiger partial charge in [-0.25, -0.2) is 0 Å². The van der Waals surface area contributed by atoms with Gasteiger partial charge in [-0.3, -0.25) is 0 Å². The first-order chi connectivity index (χ1) is 9.33. The zero-order chi connectivity index (χ0) is 13.6. The molecule has 0 bridgehead atoms. The van der Waals surface area contributed by atoms with Gasteiger partial charge in [0.05, 0.1) is 0 Å². The third-order valence-electron chi connectivity index (χ3n) is 3.10. The van der Waals surface area contributed by atoms with Crippen LogP contribution in [0.15, 0.2) is 60.7 Å². The number of benzene rings is 2. The Morgan fingerprint density at radius 1 is 0.842 bits per heavy atom. The first-order valence-corrected chi connectivity index (χ1v) is 8.45. The van der Waals surface area contributed by atoms with E-state index in [0.29, 0.717) is 6.61 Å². The lowest BCUT2D eigenvalue weighted by molar-refractivity contribution is 0.224. The fourth-order valence-electron chi connectivity index (χ4n) is 2.19. The van der Waals surface area contributed by atoms with E-state index >= 15 is 0 Å². The fourth-order valence-corrected chi connectivity index (χ4v) is 5.20. The van der Waals surface area contributed by atoms with Gasteiger partial charge in [-0.05, 0) is 16.8 Å². The van der Waals surface area contributed by atoms with Crippen LogP contribution in [-0.4, -0.2) is 22.3 Å². The van der Waals surface area contributed by atoms with Gasteiger partial charge in [-0.2, -0.15) is 0 Å². The van der Waals surface area contributed by atoms with Gasteiger partial charge in [0, 0.05) is 13.7 Å². The summed E-state index contributed by atoms with van der Waals surface area (Å²) >= 11 is 0. The number of hydrogen-bond donors (Lipinski definition) is 0. The Morgan fingerprint density at radius 2 is 1.32 bits per heavy atom. The molecule has 19 heavy (non-hydrogen) atoms. The van der Waals surface area contributed by atoms with Crippen molar-refractivity contribution >= 4 is 18.9 Å². The van der Waals surface area contributed by atoms with Crippen LogP contribution in [0, 0.1) is 0 Å². The highest BCUT2D eigenvalue weighted by atomic mass is 28.4. The highest BCUT2D eigenvalue weighted by Gasteiger charge is 2.41. The van der Waals surface area contributed by atoms with Crippen molar-refractivity contribution in [1.82, 2.24) is 0 Å². The fraction of sp³-hybridized carbons (Fsp3) is 0.250. The van der Waals surface area contributed by atoms with Gasteiger partial charge in [0.25, 0.3) is 0 Å². The third kappa shape index (κ3) is 2.95. The summed E-state index contributed by atoms with van der Waals surface area (Å²) in [6.07, 6.45) is 0.984. The van der Waals surface area contributed by atoms with Gasteiger partial charge in [0.2, 0.25) is 0 Å². The van der Waals surface area contributed by atoms with Crippen LogP contribution >= 0.6 is 0 Å². The SMILES string of the molecule is CCCO[Si](OC)(c1ccccc1)c1ccccc1. The van der Waals surface area contributed by atoms with E-state index in [4.69, 9.17) is 8.85 Å². The van der Waals surface area contributed by atoms with Gasteiger partial charge >= 0.3 is 8.56 Å². The highest BCUT2D eigenvalue weighted by molar-refractivity contribution is 6.92. The molecule has 0 aliphatic rings. The second-order valence-corrected chi connectivity index (χ2v) is 7.49. The average Bonchev–Trinajstić information content (AvgIpc) is 2.51. The van der Waals surface area contributed by atoms with E-state index in [2.05, 4.69) is 31.2 Å². The molecule has 0 fully saturated rings. The first-order valence-electron chi connectivity index (χ1n) is 6.63. The normalized spacial score (nSPS) is 11.5. The molecule has 0 saturated carbocycles. The molecule has 0 radical (unpaired) electrons. The lowest BCUT2D eigenvalue weighted by Gasteiger charge is -2.29. The van der Waals surface area contributed by atoms with Crippen LogP contribution in [0.5, 0.6) is 0 Å². The van der Waals surface area contributed by atoms with Gasteiger partial charge in [-0.1, -0.05) is 67.6 Å². The maximum Gasteiger partial charge on any atom is 0.406 e. The number of rotatable bonds is 6. The molecule has 2 rings (SSSR count). The van der Waals surface area contributed by atoms with E-state index in [1.807, 2.05) is 36.4 Å². The minimum atomic E-state index is -2.54. The Kier molecular flexibility index (Phi) is 4.91. The quantitative estimate of drug-likeness (QED) is 0.751. The molecular weight excluding hydrogens is 252 g/mol. The molecule has 0 aliphatic heterocycles. The Morgan fingerprint density at radius 3 is 1.68 bits per heavy atom. The van der Waals surface area contributed by atoms with Gasteiger partial charge in [-0.15, -0.1) is 0 Å². The van der Waals surface area contributed by atoms with E-state index in [0.717, 1.165) is 16.8 Å². The Labute approximate surface area is 116 Å². The maximum absolute atomic E-state index is 6.22. The molecule has 100 valence electrons. The summed E-state index contributed by atoms with van der Waals surface area (Å²) < 4.78 is 12.1. The average molecular weight is 272 g/mol. The zero-order valence-electron chi connectivity index (χ0n) is 11.5. The molecule has 2 nitrogen and oxygen atoms in total. The Bertz CT molecular complexity index is 445. The second-order valence-electron chi connectivity index (χ2n) is 4.40. The summed E-state index contributed by atoms with van der Waals surface area (Å²) in [5, 5.41) is 2.30. The lowest BCUT2D eigenvalue weighted by atomic mass is 10.4. The lowest BCUT2D eigenvalue weighted by Crippen LogP contribution is -2.62. The van der Waals surface area contributed by atoms with E-state index < -0.39 is 8.56 Å². The van der Waals surface area contributed by atoms with Gasteiger partial charge in [0.1, 0.15) is 0 Å². The predicted molar refractivity (Wildman–Crippen MR) is 81.2 cm³/mol. The monoisotopic (exact) mass is 272 g/mol. The molecule has 0 saturated heterocycles. The topological polar surface area (TPSA) is 18.5 Å². The summed E-state index contributed by atoms with van der Waals surface area (Å²) in [5.41, 5.74) is 0. The van der Waals surface area contributed by atoms with Crippen molar-refractivity contribution in [2.75, 3.05) is 13.7 Å². The molecule has 0 unspecified atom stereocenters. The maximum atomic E-state index is 6.22. The molecule has 0 heterocycles. The van der Waals surface area contributed by atoms with Crippen LogP contribution in [0.2, 0.25) is 0 Å². The van der Waals surface area contributed by atoms with Crippen molar-refractivity contribution in [3.05, 3.63) is 60.7 Å². The van der Waals surface area contributed by atoms with Gasteiger partial charge < -0.3 is 8.85 Å². The summed E-state index contributed by atoms with van der Waals surface area (Å²) in [6, 6.07) is 20.6. The van der Waals surface area contributed by atoms with Crippen molar-refractivity contribution in [1.29, 1.82) is 0 Å². The number of hydrogen-bond acceptors (Lipinski definition) is 2. The molecule has 2 aromatic carbocycles. The van der Waals surface area contributed by atoms with Crippen LogP contribution in [0.25, 0.3) is 0 Å². The van der Waals surface area contributed by atoms with Crippen LogP contribution in [0.1, 0.15) is 13.3 Å². The van der Waals surface area contributed by atoms with Gasteiger partial charge in [0.15, 0.2) is 0 Å². The highest BCUT2D eigenvalue weighted by Crippen LogP contribution is 2.09. The molecule has 0 atom stereocenters. The van der Waals surface area contributed by atoms with Crippen molar-refractivity contribution in [3.8, 4) is 0 Å². The van der Waals surface area contributed by atoms with Crippen molar-refractivity contribution in [2.24, 2.45) is 0 Å². The van der Waals surface area contributed by atoms with E-state index in [1.54, 1.807) is 7.11 Å². The van der Waals surface area contributed by atoms with Crippen LogP contribution in [-0.2, 0) is 8.85 Å². The van der Waals surface area contributed by atoms with E-state index in [-0.39, 0.29) is 0 Å². The van der Waals surface area contributed by atoms with Crippen molar-refractivity contribution in [3.63, 3.8) is 0 Å². The van der Waals surface area contributed by atoms with Crippen LogP contribution in [0.3, 0.4) is 0 Å².